The van der Waals surface area contributed by atoms with Crippen molar-refractivity contribution in [1.82, 2.24) is 0 Å². The molecule has 0 heterocycles. The average Bonchev–Trinajstić information content (AvgIpc) is 3.01. The minimum atomic E-state index is 0.472. The molecule has 0 bridgehead atoms. The highest BCUT2D eigenvalue weighted by molar-refractivity contribution is 5.57. The van der Waals surface area contributed by atoms with Gasteiger partial charge in [-0.25, -0.2) is 0 Å². The third kappa shape index (κ3) is 2.49. The molecule has 1 aromatic carbocycles. The fourth-order valence-electron chi connectivity index (χ4n) is 1.85. The van der Waals surface area contributed by atoms with Crippen LogP contribution in [-0.2, 0) is 0 Å². The lowest BCUT2D eigenvalue weighted by Gasteiger charge is -2.21. The third-order valence-electron chi connectivity index (χ3n) is 2.93. The van der Waals surface area contributed by atoms with E-state index in [1.807, 2.05) is 0 Å². The Hall–Kier alpha value is -1.18. The molecule has 0 atom stereocenters. The van der Waals surface area contributed by atoms with Crippen LogP contribution in [0.1, 0.15) is 38.2 Å². The summed E-state index contributed by atoms with van der Waals surface area (Å²) in [6.45, 7) is 4.45. The Bertz CT molecular complexity index is 367. The van der Waals surface area contributed by atoms with Gasteiger partial charge in [0.25, 0.3) is 0 Å². The fraction of sp³-hybridized carbons (Fsp3) is 0.571. The first kappa shape index (κ1) is 11.3. The van der Waals surface area contributed by atoms with Crippen molar-refractivity contribution in [3.05, 3.63) is 23.8 Å². The lowest BCUT2D eigenvalue weighted by Crippen LogP contribution is -2.12. The molecule has 0 N–H and O–H groups in total. The largest absolute Gasteiger partial charge is 0.490 e. The monoisotopic (exact) mass is 219 g/mol. The summed E-state index contributed by atoms with van der Waals surface area (Å²) in [6.07, 6.45) is 2.90. The summed E-state index contributed by atoms with van der Waals surface area (Å²) >= 11 is 0. The molecule has 1 saturated carbocycles. The molecule has 0 saturated heterocycles. The van der Waals surface area contributed by atoms with Crippen molar-refractivity contribution >= 4 is 5.69 Å². The van der Waals surface area contributed by atoms with Crippen LogP contribution in [0.2, 0.25) is 0 Å². The summed E-state index contributed by atoms with van der Waals surface area (Å²) in [6, 6.07) is 6.45. The van der Waals surface area contributed by atoms with Gasteiger partial charge in [0.05, 0.1) is 6.10 Å². The van der Waals surface area contributed by atoms with Gasteiger partial charge in [0.2, 0.25) is 0 Å². The Kier molecular flexibility index (Phi) is 3.08. The predicted octanol–water partition coefficient (Wildman–Crippen LogP) is 3.42. The quantitative estimate of drug-likeness (QED) is 0.769. The van der Waals surface area contributed by atoms with Crippen LogP contribution in [0.25, 0.3) is 0 Å². The maximum Gasteiger partial charge on any atom is 0.121 e. The van der Waals surface area contributed by atoms with Gasteiger partial charge in [-0.15, -0.1) is 0 Å². The highest BCUT2D eigenvalue weighted by Gasteiger charge is 2.23. The second-order valence-corrected chi connectivity index (χ2v) is 5.09. The summed E-state index contributed by atoms with van der Waals surface area (Å²) < 4.78 is 5.82. The van der Waals surface area contributed by atoms with E-state index in [2.05, 4.69) is 51.0 Å². The summed E-state index contributed by atoms with van der Waals surface area (Å²) in [5.41, 5.74) is 2.65. The fourth-order valence-corrected chi connectivity index (χ4v) is 1.85. The molecule has 1 aliphatic carbocycles. The summed E-state index contributed by atoms with van der Waals surface area (Å²) in [4.78, 5) is 2.16. The number of hydrogen-bond acceptors (Lipinski definition) is 2. The summed E-state index contributed by atoms with van der Waals surface area (Å²) in [7, 11) is 4.17. The summed E-state index contributed by atoms with van der Waals surface area (Å²) in [5.74, 6) is 1.56. The lowest BCUT2D eigenvalue weighted by atomic mass is 10.0. The molecule has 16 heavy (non-hydrogen) atoms. The van der Waals surface area contributed by atoms with Gasteiger partial charge in [-0.2, -0.15) is 0 Å². The van der Waals surface area contributed by atoms with Crippen molar-refractivity contribution < 1.29 is 4.74 Å². The number of rotatable bonds is 4. The van der Waals surface area contributed by atoms with Gasteiger partial charge in [-0.3, -0.25) is 0 Å². The maximum atomic E-state index is 5.82. The van der Waals surface area contributed by atoms with Gasteiger partial charge in [0.1, 0.15) is 5.75 Å². The molecule has 0 unspecified atom stereocenters. The van der Waals surface area contributed by atoms with E-state index in [9.17, 15) is 0 Å². The van der Waals surface area contributed by atoms with Crippen molar-refractivity contribution in [1.29, 1.82) is 0 Å². The van der Waals surface area contributed by atoms with E-state index in [-0.39, 0.29) is 0 Å². The van der Waals surface area contributed by atoms with Crippen molar-refractivity contribution in [3.8, 4) is 5.75 Å². The molecule has 1 fully saturated rings. The molecule has 2 rings (SSSR count). The van der Waals surface area contributed by atoms with Crippen molar-refractivity contribution in [3.63, 3.8) is 0 Å². The minimum Gasteiger partial charge on any atom is -0.490 e. The van der Waals surface area contributed by atoms with Gasteiger partial charge >= 0.3 is 0 Å². The van der Waals surface area contributed by atoms with E-state index in [4.69, 9.17) is 4.74 Å². The van der Waals surface area contributed by atoms with Gasteiger partial charge in [-0.05, 0) is 30.4 Å². The van der Waals surface area contributed by atoms with Crippen LogP contribution in [0.3, 0.4) is 0 Å². The molecule has 0 spiro atoms. The van der Waals surface area contributed by atoms with Gasteiger partial charge in [-0.1, -0.05) is 19.9 Å². The summed E-state index contributed by atoms with van der Waals surface area (Å²) in [5, 5.41) is 0. The van der Waals surface area contributed by atoms with E-state index < -0.39 is 0 Å². The highest BCUT2D eigenvalue weighted by Crippen LogP contribution is 2.33. The number of ether oxygens (including phenoxy) is 1. The van der Waals surface area contributed by atoms with Crippen molar-refractivity contribution in [2.45, 2.75) is 38.7 Å². The third-order valence-corrected chi connectivity index (χ3v) is 2.93. The van der Waals surface area contributed by atoms with Gasteiger partial charge in [0, 0.05) is 25.8 Å². The molecule has 0 amide bonds. The maximum absolute atomic E-state index is 5.82. The molecule has 0 aliphatic heterocycles. The van der Waals surface area contributed by atoms with E-state index in [1.165, 1.54) is 24.1 Å². The van der Waals surface area contributed by atoms with Crippen LogP contribution in [0.4, 0.5) is 5.69 Å². The molecule has 2 heteroatoms. The van der Waals surface area contributed by atoms with Crippen molar-refractivity contribution in [2.24, 2.45) is 0 Å². The number of benzene rings is 1. The SMILES string of the molecule is CC(C)c1ccc(OC2CC2)cc1N(C)C. The van der Waals surface area contributed by atoms with Crippen molar-refractivity contribution in [2.75, 3.05) is 19.0 Å². The smallest absolute Gasteiger partial charge is 0.121 e. The normalized spacial score (nSPS) is 15.3. The standard InChI is InChI=1S/C14H21NO/c1-10(2)13-8-7-12(16-11-5-6-11)9-14(13)15(3)4/h7-11H,5-6H2,1-4H3. The average molecular weight is 219 g/mol. The first-order valence-corrected chi connectivity index (χ1v) is 6.06. The van der Waals surface area contributed by atoms with Crippen LogP contribution in [-0.4, -0.2) is 20.2 Å². The van der Waals surface area contributed by atoms with Gasteiger partial charge < -0.3 is 9.64 Å². The number of nitrogens with zero attached hydrogens (tertiary/aromatic N) is 1. The topological polar surface area (TPSA) is 12.5 Å². The second kappa shape index (κ2) is 4.36. The number of anilines is 1. The van der Waals surface area contributed by atoms with Crippen LogP contribution in [0, 0.1) is 0 Å². The van der Waals surface area contributed by atoms with E-state index >= 15 is 0 Å². The molecule has 0 radical (unpaired) electrons. The zero-order valence-corrected chi connectivity index (χ0v) is 10.7. The Morgan fingerprint density at radius 2 is 1.94 bits per heavy atom. The van der Waals surface area contributed by atoms with E-state index in [0.29, 0.717) is 12.0 Å². The van der Waals surface area contributed by atoms with Crippen LogP contribution in [0.5, 0.6) is 5.75 Å². The molecule has 2 nitrogen and oxygen atoms in total. The Balaban J connectivity index is 2.26. The first-order valence-electron chi connectivity index (χ1n) is 6.06. The van der Waals surface area contributed by atoms with E-state index in [0.717, 1.165) is 5.75 Å². The number of hydrogen-bond donors (Lipinski definition) is 0. The van der Waals surface area contributed by atoms with Crippen LogP contribution >= 0.6 is 0 Å². The minimum absolute atomic E-state index is 0.472. The molecule has 1 aliphatic rings. The van der Waals surface area contributed by atoms with E-state index in [1.54, 1.807) is 0 Å². The second-order valence-electron chi connectivity index (χ2n) is 5.09. The van der Waals surface area contributed by atoms with Crippen LogP contribution in [0.15, 0.2) is 18.2 Å². The van der Waals surface area contributed by atoms with Crippen LogP contribution < -0.4 is 9.64 Å². The first-order chi connectivity index (χ1) is 7.58. The molecular weight excluding hydrogens is 198 g/mol. The molecule has 88 valence electrons. The zero-order valence-electron chi connectivity index (χ0n) is 10.7. The molecule has 0 aromatic heterocycles. The lowest BCUT2D eigenvalue weighted by molar-refractivity contribution is 0.303. The highest BCUT2D eigenvalue weighted by atomic mass is 16.5. The molecular formula is C14H21NO. The Labute approximate surface area is 98.2 Å². The van der Waals surface area contributed by atoms with Gasteiger partial charge in [0.15, 0.2) is 0 Å². The Morgan fingerprint density at radius 3 is 2.44 bits per heavy atom. The predicted molar refractivity (Wildman–Crippen MR) is 68.5 cm³/mol. The molecule has 1 aromatic rings. The Morgan fingerprint density at radius 1 is 1.25 bits per heavy atom. The zero-order chi connectivity index (χ0) is 11.7.